The molecule has 30 heavy (non-hydrogen) atoms. The molecule has 7 nitrogen and oxygen atoms in total. The first kappa shape index (κ1) is 19.9. The molecule has 1 N–H and O–H groups in total. The second kappa shape index (κ2) is 8.96. The number of carbonyl (C=O) groups excluding carboxylic acids is 1. The Morgan fingerprint density at radius 1 is 1.07 bits per heavy atom. The predicted molar refractivity (Wildman–Crippen MR) is 117 cm³/mol. The number of benzene rings is 2. The maximum atomic E-state index is 12.3. The van der Waals surface area contributed by atoms with Gasteiger partial charge in [0.05, 0.1) is 22.9 Å². The van der Waals surface area contributed by atoms with Gasteiger partial charge in [-0.25, -0.2) is 4.68 Å². The zero-order valence-electron chi connectivity index (χ0n) is 16.3. The summed E-state index contributed by atoms with van der Waals surface area (Å²) in [5.74, 6) is 0.478. The van der Waals surface area contributed by atoms with Gasteiger partial charge in [-0.3, -0.25) is 9.48 Å². The average Bonchev–Trinajstić information content (AvgIpc) is 3.38. The van der Waals surface area contributed by atoms with Crippen molar-refractivity contribution in [3.63, 3.8) is 0 Å². The largest absolute Gasteiger partial charge is 0.471 e. The highest BCUT2D eigenvalue weighted by Crippen LogP contribution is 2.22. The lowest BCUT2D eigenvalue weighted by molar-refractivity contribution is 0.0943. The van der Waals surface area contributed by atoms with Crippen molar-refractivity contribution in [2.75, 3.05) is 0 Å². The standard InChI is InChI=1S/C22H20BrN5O2/c1-27-21(19(23)13-25-27)14-24-22(29)20-11-12-28(26-20)15-30-18-9-7-17(8-10-18)16-5-3-2-4-6-16/h2-13H,14-15H2,1H3,(H,24,29). The summed E-state index contributed by atoms with van der Waals surface area (Å²) in [6.45, 7) is 0.568. The molecule has 0 unspecified atom stereocenters. The predicted octanol–water partition coefficient (Wildman–Crippen LogP) is 4.01. The molecule has 2 aromatic heterocycles. The molecule has 0 spiro atoms. The third kappa shape index (κ3) is 4.60. The summed E-state index contributed by atoms with van der Waals surface area (Å²) < 4.78 is 9.92. The van der Waals surface area contributed by atoms with E-state index in [2.05, 4.69) is 43.6 Å². The van der Waals surface area contributed by atoms with Gasteiger partial charge in [0.15, 0.2) is 6.73 Å². The van der Waals surface area contributed by atoms with Gasteiger partial charge in [0, 0.05) is 13.2 Å². The number of carbonyl (C=O) groups is 1. The molecule has 0 atom stereocenters. The Hall–Kier alpha value is -3.39. The van der Waals surface area contributed by atoms with Crippen LogP contribution in [0, 0.1) is 0 Å². The Morgan fingerprint density at radius 2 is 1.80 bits per heavy atom. The van der Waals surface area contributed by atoms with E-state index in [9.17, 15) is 4.79 Å². The fraction of sp³-hybridized carbons (Fsp3) is 0.136. The Balaban J connectivity index is 1.31. The van der Waals surface area contributed by atoms with Crippen LogP contribution in [0.1, 0.15) is 16.2 Å². The van der Waals surface area contributed by atoms with Crippen LogP contribution in [0.15, 0.2) is 77.5 Å². The van der Waals surface area contributed by atoms with Gasteiger partial charge in [-0.15, -0.1) is 0 Å². The zero-order chi connectivity index (χ0) is 20.9. The molecule has 0 fully saturated rings. The molecular formula is C22H20BrN5O2. The molecule has 0 aliphatic heterocycles. The van der Waals surface area contributed by atoms with Crippen LogP contribution in [0.5, 0.6) is 5.75 Å². The number of rotatable bonds is 7. The minimum Gasteiger partial charge on any atom is -0.471 e. The molecular weight excluding hydrogens is 446 g/mol. The van der Waals surface area contributed by atoms with Crippen molar-refractivity contribution in [3.8, 4) is 16.9 Å². The van der Waals surface area contributed by atoms with Crippen molar-refractivity contribution < 1.29 is 9.53 Å². The van der Waals surface area contributed by atoms with E-state index in [1.807, 2.05) is 49.5 Å². The van der Waals surface area contributed by atoms with Gasteiger partial charge in [0.2, 0.25) is 0 Å². The third-order valence-corrected chi connectivity index (χ3v) is 5.29. The van der Waals surface area contributed by atoms with E-state index in [-0.39, 0.29) is 12.6 Å². The van der Waals surface area contributed by atoms with E-state index < -0.39 is 0 Å². The van der Waals surface area contributed by atoms with Gasteiger partial charge in [-0.2, -0.15) is 10.2 Å². The fourth-order valence-electron chi connectivity index (χ4n) is 2.96. The number of ether oxygens (including phenoxy) is 1. The molecule has 2 aromatic carbocycles. The summed E-state index contributed by atoms with van der Waals surface area (Å²) in [5.41, 5.74) is 3.49. The average molecular weight is 466 g/mol. The number of nitrogens with zero attached hydrogens (tertiary/aromatic N) is 4. The number of aryl methyl sites for hydroxylation is 1. The highest BCUT2D eigenvalue weighted by molar-refractivity contribution is 9.10. The Labute approximate surface area is 182 Å². The van der Waals surface area contributed by atoms with Gasteiger partial charge in [-0.1, -0.05) is 42.5 Å². The van der Waals surface area contributed by atoms with Gasteiger partial charge in [0.25, 0.3) is 5.91 Å². The Morgan fingerprint density at radius 3 is 2.50 bits per heavy atom. The van der Waals surface area contributed by atoms with E-state index >= 15 is 0 Å². The fourth-order valence-corrected chi connectivity index (χ4v) is 3.45. The summed E-state index contributed by atoms with van der Waals surface area (Å²) in [6.07, 6.45) is 3.41. The molecule has 4 aromatic rings. The SMILES string of the molecule is Cn1ncc(Br)c1CNC(=O)c1ccn(COc2ccc(-c3ccccc3)cc2)n1. The minimum absolute atomic E-state index is 0.214. The highest BCUT2D eigenvalue weighted by Gasteiger charge is 2.12. The van der Waals surface area contributed by atoms with E-state index in [4.69, 9.17) is 4.74 Å². The quantitative estimate of drug-likeness (QED) is 0.447. The van der Waals surface area contributed by atoms with Crippen LogP contribution in [0.2, 0.25) is 0 Å². The molecule has 0 aliphatic rings. The van der Waals surface area contributed by atoms with Crippen LogP contribution in [-0.4, -0.2) is 25.5 Å². The van der Waals surface area contributed by atoms with Gasteiger partial charge >= 0.3 is 0 Å². The molecule has 0 radical (unpaired) electrons. The third-order valence-electron chi connectivity index (χ3n) is 4.63. The first-order chi connectivity index (χ1) is 14.6. The van der Waals surface area contributed by atoms with Crippen LogP contribution in [-0.2, 0) is 20.3 Å². The second-order valence-electron chi connectivity index (χ2n) is 6.65. The molecule has 152 valence electrons. The smallest absolute Gasteiger partial charge is 0.272 e. The number of halogens is 1. The van der Waals surface area contributed by atoms with Crippen molar-refractivity contribution in [1.82, 2.24) is 24.9 Å². The van der Waals surface area contributed by atoms with Crippen molar-refractivity contribution >= 4 is 21.8 Å². The van der Waals surface area contributed by atoms with Crippen LogP contribution in [0.25, 0.3) is 11.1 Å². The number of hydrogen-bond acceptors (Lipinski definition) is 4. The number of nitrogens with one attached hydrogen (secondary N) is 1. The van der Waals surface area contributed by atoms with E-state index in [1.54, 1.807) is 27.8 Å². The molecule has 8 heteroatoms. The number of hydrogen-bond donors (Lipinski definition) is 1. The Kier molecular flexibility index (Phi) is 5.94. The number of aromatic nitrogens is 4. The van der Waals surface area contributed by atoms with E-state index in [0.717, 1.165) is 27.0 Å². The maximum absolute atomic E-state index is 12.3. The molecule has 0 saturated carbocycles. The van der Waals surface area contributed by atoms with Crippen molar-refractivity contribution in [3.05, 3.63) is 88.9 Å². The van der Waals surface area contributed by atoms with E-state index in [1.165, 1.54) is 0 Å². The molecule has 0 aliphatic carbocycles. The van der Waals surface area contributed by atoms with Crippen molar-refractivity contribution in [2.45, 2.75) is 13.3 Å². The lowest BCUT2D eigenvalue weighted by Gasteiger charge is -2.08. The van der Waals surface area contributed by atoms with Crippen LogP contribution >= 0.6 is 15.9 Å². The molecule has 1 amide bonds. The lowest BCUT2D eigenvalue weighted by Crippen LogP contribution is -2.25. The second-order valence-corrected chi connectivity index (χ2v) is 7.50. The molecule has 2 heterocycles. The zero-order valence-corrected chi connectivity index (χ0v) is 17.9. The summed E-state index contributed by atoms with van der Waals surface area (Å²) in [6, 6.07) is 19.7. The van der Waals surface area contributed by atoms with Gasteiger partial charge in [-0.05, 0) is 45.3 Å². The van der Waals surface area contributed by atoms with Crippen LogP contribution in [0.4, 0.5) is 0 Å². The summed E-state index contributed by atoms with van der Waals surface area (Å²) >= 11 is 3.42. The normalized spacial score (nSPS) is 10.7. The number of amides is 1. The van der Waals surface area contributed by atoms with Crippen LogP contribution in [0.3, 0.4) is 0 Å². The van der Waals surface area contributed by atoms with Crippen LogP contribution < -0.4 is 10.1 Å². The molecule has 0 bridgehead atoms. The first-order valence-electron chi connectivity index (χ1n) is 9.36. The maximum Gasteiger partial charge on any atom is 0.272 e. The Bertz CT molecular complexity index is 1120. The molecule has 4 rings (SSSR count). The van der Waals surface area contributed by atoms with Crippen molar-refractivity contribution in [1.29, 1.82) is 0 Å². The highest BCUT2D eigenvalue weighted by atomic mass is 79.9. The van der Waals surface area contributed by atoms with Crippen molar-refractivity contribution in [2.24, 2.45) is 7.05 Å². The lowest BCUT2D eigenvalue weighted by atomic mass is 10.1. The minimum atomic E-state index is -0.255. The molecule has 0 saturated heterocycles. The summed E-state index contributed by atoms with van der Waals surface area (Å²) in [5, 5.41) is 11.3. The van der Waals surface area contributed by atoms with Gasteiger partial charge in [0.1, 0.15) is 11.4 Å². The van der Waals surface area contributed by atoms with Gasteiger partial charge < -0.3 is 10.1 Å². The first-order valence-corrected chi connectivity index (χ1v) is 10.2. The summed E-state index contributed by atoms with van der Waals surface area (Å²) in [7, 11) is 1.82. The monoisotopic (exact) mass is 465 g/mol. The topological polar surface area (TPSA) is 74.0 Å². The summed E-state index contributed by atoms with van der Waals surface area (Å²) in [4.78, 5) is 12.3. The van der Waals surface area contributed by atoms with E-state index in [0.29, 0.717) is 12.2 Å².